The van der Waals surface area contributed by atoms with Crippen LogP contribution in [0.2, 0.25) is 0 Å². The number of nitrogen functional groups attached to an aromatic ring is 1. The van der Waals surface area contributed by atoms with Crippen LogP contribution in [0.4, 0.5) is 5.13 Å². The molecule has 1 aliphatic rings. The van der Waals surface area contributed by atoms with E-state index in [2.05, 4.69) is 16.0 Å². The number of fused-ring (bicyclic) bond motifs is 1. The lowest BCUT2D eigenvalue weighted by molar-refractivity contribution is 0.318. The van der Waals surface area contributed by atoms with Gasteiger partial charge < -0.3 is 10.8 Å². The summed E-state index contributed by atoms with van der Waals surface area (Å²) in [6.45, 7) is 4.93. The highest BCUT2D eigenvalue weighted by molar-refractivity contribution is 7.15. The van der Waals surface area contributed by atoms with Crippen LogP contribution in [-0.2, 0) is 12.8 Å². The lowest BCUT2D eigenvalue weighted by atomic mass is 10.1. The van der Waals surface area contributed by atoms with Crippen molar-refractivity contribution in [1.29, 1.82) is 0 Å². The Morgan fingerprint density at radius 1 is 1.36 bits per heavy atom. The van der Waals surface area contributed by atoms with E-state index in [1.165, 1.54) is 10.6 Å². The summed E-state index contributed by atoms with van der Waals surface area (Å²) in [6, 6.07) is 5.61. The number of rotatable bonds is 3. The van der Waals surface area contributed by atoms with Crippen LogP contribution in [-0.4, -0.2) is 34.6 Å². The second kappa shape index (κ2) is 6.50. The topological polar surface area (TPSA) is 62.4 Å². The van der Waals surface area contributed by atoms with Gasteiger partial charge in [0.15, 0.2) is 5.13 Å². The van der Waals surface area contributed by atoms with Crippen molar-refractivity contribution in [3.63, 3.8) is 0 Å². The summed E-state index contributed by atoms with van der Waals surface area (Å²) in [5.74, 6) is 0.342. The first-order valence-electron chi connectivity index (χ1n) is 7.55. The third-order valence-corrected chi connectivity index (χ3v) is 5.05. The second-order valence-corrected chi connectivity index (χ2v) is 6.75. The minimum Gasteiger partial charge on any atom is -0.507 e. The minimum atomic E-state index is 0.342. The van der Waals surface area contributed by atoms with Crippen LogP contribution in [0.5, 0.6) is 5.75 Å². The van der Waals surface area contributed by atoms with Crippen molar-refractivity contribution in [2.75, 3.05) is 25.4 Å². The van der Waals surface area contributed by atoms with E-state index in [-0.39, 0.29) is 0 Å². The van der Waals surface area contributed by atoms with E-state index in [0.29, 0.717) is 10.9 Å². The molecule has 0 unspecified atom stereocenters. The molecule has 3 N–H and O–H groups in total. The van der Waals surface area contributed by atoms with Gasteiger partial charge in [-0.3, -0.25) is 4.90 Å². The Hall–Kier alpha value is -1.85. The summed E-state index contributed by atoms with van der Waals surface area (Å²) in [5.41, 5.74) is 8.95. The Bertz CT molecular complexity index is 647. The molecule has 5 heteroatoms. The lowest BCUT2D eigenvalue weighted by Gasteiger charge is -2.17. The average Bonchev–Trinajstić information content (AvgIpc) is 2.74. The molecule has 1 aromatic heterocycles. The molecule has 0 radical (unpaired) electrons. The molecule has 4 nitrogen and oxygen atoms in total. The molecule has 0 atom stereocenters. The summed E-state index contributed by atoms with van der Waals surface area (Å²) >= 11 is 1.62. The molecule has 1 aromatic carbocycles. The van der Waals surface area contributed by atoms with E-state index in [1.807, 2.05) is 25.1 Å². The van der Waals surface area contributed by atoms with Crippen LogP contribution in [0.3, 0.4) is 0 Å². The van der Waals surface area contributed by atoms with Gasteiger partial charge in [-0.2, -0.15) is 0 Å². The van der Waals surface area contributed by atoms with Gasteiger partial charge in [-0.05, 0) is 25.0 Å². The first-order chi connectivity index (χ1) is 10.6. The monoisotopic (exact) mass is 315 g/mol. The summed E-state index contributed by atoms with van der Waals surface area (Å²) in [5, 5.41) is 10.6. The average molecular weight is 315 g/mol. The number of nitrogens with zero attached hydrogens (tertiary/aromatic N) is 2. The van der Waals surface area contributed by atoms with Crippen molar-refractivity contribution in [3.05, 3.63) is 46.0 Å². The Morgan fingerprint density at radius 3 is 3.00 bits per heavy atom. The Labute approximate surface area is 134 Å². The highest BCUT2D eigenvalue weighted by Crippen LogP contribution is 2.24. The Balaban J connectivity index is 1.61. The summed E-state index contributed by atoms with van der Waals surface area (Å²) in [6.07, 6.45) is 6.13. The van der Waals surface area contributed by atoms with E-state index in [0.717, 1.165) is 43.6 Å². The summed E-state index contributed by atoms with van der Waals surface area (Å²) < 4.78 is 0. The molecule has 2 heterocycles. The first kappa shape index (κ1) is 15.1. The number of nitrogens with two attached hydrogens (primary N) is 1. The maximum absolute atomic E-state index is 9.91. The Kier molecular flexibility index (Phi) is 4.45. The van der Waals surface area contributed by atoms with Crippen molar-refractivity contribution >= 4 is 22.5 Å². The predicted octanol–water partition coefficient (Wildman–Crippen LogP) is 2.85. The van der Waals surface area contributed by atoms with Gasteiger partial charge >= 0.3 is 0 Å². The van der Waals surface area contributed by atoms with Crippen molar-refractivity contribution in [1.82, 2.24) is 9.88 Å². The molecule has 0 bridgehead atoms. The SMILES string of the molecule is Cc1cccc(O)c1/C=C/CN1CCc2nc(N)sc2CC1. The van der Waals surface area contributed by atoms with Crippen LogP contribution in [0.15, 0.2) is 24.3 Å². The number of aromatic hydroxyl groups is 1. The van der Waals surface area contributed by atoms with Gasteiger partial charge in [-0.1, -0.05) is 24.3 Å². The van der Waals surface area contributed by atoms with Crippen molar-refractivity contribution in [2.45, 2.75) is 19.8 Å². The van der Waals surface area contributed by atoms with Gasteiger partial charge in [0.2, 0.25) is 0 Å². The fraction of sp³-hybridized carbons (Fsp3) is 0.353. The molecule has 0 fully saturated rings. The molecule has 0 spiro atoms. The standard InChI is InChI=1S/C17H21N3OS/c1-12-4-2-6-15(21)13(12)5-3-9-20-10-7-14-16(8-11-20)22-17(18)19-14/h2-6,21H,7-11H2,1H3,(H2,18,19)/b5-3+. The minimum absolute atomic E-state index is 0.342. The molecular weight excluding hydrogens is 294 g/mol. The van der Waals surface area contributed by atoms with E-state index in [4.69, 9.17) is 5.73 Å². The zero-order valence-corrected chi connectivity index (χ0v) is 13.6. The van der Waals surface area contributed by atoms with E-state index >= 15 is 0 Å². The van der Waals surface area contributed by atoms with Gasteiger partial charge in [0, 0.05) is 36.5 Å². The lowest BCUT2D eigenvalue weighted by Crippen LogP contribution is -2.26. The van der Waals surface area contributed by atoms with Gasteiger partial charge in [-0.15, -0.1) is 11.3 Å². The fourth-order valence-corrected chi connectivity index (χ4v) is 3.68. The molecule has 0 saturated heterocycles. The maximum atomic E-state index is 9.91. The van der Waals surface area contributed by atoms with E-state index in [1.54, 1.807) is 17.4 Å². The molecule has 0 aliphatic carbocycles. The van der Waals surface area contributed by atoms with Gasteiger partial charge in [0.1, 0.15) is 5.75 Å². The van der Waals surface area contributed by atoms with Crippen molar-refractivity contribution < 1.29 is 5.11 Å². The van der Waals surface area contributed by atoms with Gasteiger partial charge in [-0.25, -0.2) is 4.98 Å². The van der Waals surface area contributed by atoms with Crippen LogP contribution in [0.1, 0.15) is 21.7 Å². The highest BCUT2D eigenvalue weighted by Gasteiger charge is 2.16. The quantitative estimate of drug-likeness (QED) is 0.914. The molecule has 3 rings (SSSR count). The highest BCUT2D eigenvalue weighted by atomic mass is 32.1. The van der Waals surface area contributed by atoms with Crippen molar-refractivity contribution in [2.24, 2.45) is 0 Å². The molecule has 0 amide bonds. The number of phenolic OH excluding ortho intramolecular Hbond substituents is 1. The first-order valence-corrected chi connectivity index (χ1v) is 8.36. The van der Waals surface area contributed by atoms with Gasteiger partial charge in [0.05, 0.1) is 5.69 Å². The largest absolute Gasteiger partial charge is 0.507 e. The number of hydrogen-bond acceptors (Lipinski definition) is 5. The molecule has 116 valence electrons. The number of phenols is 1. The smallest absolute Gasteiger partial charge is 0.180 e. The van der Waals surface area contributed by atoms with E-state index in [9.17, 15) is 5.11 Å². The summed E-state index contributed by atoms with van der Waals surface area (Å²) in [7, 11) is 0. The molecule has 0 saturated carbocycles. The fourth-order valence-electron chi connectivity index (χ4n) is 2.81. The van der Waals surface area contributed by atoms with E-state index < -0.39 is 0 Å². The Morgan fingerprint density at radius 2 is 2.18 bits per heavy atom. The summed E-state index contributed by atoms with van der Waals surface area (Å²) in [4.78, 5) is 8.16. The number of thiazole rings is 1. The maximum Gasteiger partial charge on any atom is 0.180 e. The van der Waals surface area contributed by atoms with Crippen LogP contribution >= 0.6 is 11.3 Å². The van der Waals surface area contributed by atoms with Crippen LogP contribution in [0.25, 0.3) is 6.08 Å². The molecule has 1 aliphatic heterocycles. The zero-order chi connectivity index (χ0) is 15.5. The number of aromatic nitrogens is 1. The second-order valence-electron chi connectivity index (χ2n) is 5.63. The van der Waals surface area contributed by atoms with Crippen LogP contribution < -0.4 is 5.73 Å². The third kappa shape index (κ3) is 3.31. The number of hydrogen-bond donors (Lipinski definition) is 2. The van der Waals surface area contributed by atoms with Crippen LogP contribution in [0, 0.1) is 6.92 Å². The third-order valence-electron chi connectivity index (χ3n) is 4.06. The number of anilines is 1. The van der Waals surface area contributed by atoms with Crippen molar-refractivity contribution in [3.8, 4) is 5.75 Å². The zero-order valence-electron chi connectivity index (χ0n) is 12.7. The molecule has 2 aromatic rings. The number of benzene rings is 1. The predicted molar refractivity (Wildman–Crippen MR) is 92.3 cm³/mol. The molecule has 22 heavy (non-hydrogen) atoms. The van der Waals surface area contributed by atoms with Gasteiger partial charge in [0.25, 0.3) is 0 Å². The number of aryl methyl sites for hydroxylation is 1. The normalized spacial score (nSPS) is 15.9. The molecular formula is C17H21N3OS.